The minimum absolute atomic E-state index is 0.0556. The summed E-state index contributed by atoms with van der Waals surface area (Å²) in [7, 11) is -0.701. The van der Waals surface area contributed by atoms with E-state index in [0.29, 0.717) is 0 Å². The normalized spacial score (nSPS) is 13.9. The van der Waals surface area contributed by atoms with Crippen molar-refractivity contribution in [2.24, 2.45) is 13.0 Å². The molecule has 0 aliphatic carbocycles. The molecule has 1 rings (SSSR count). The molecule has 17 heavy (non-hydrogen) atoms. The van der Waals surface area contributed by atoms with Crippen LogP contribution < -0.4 is 0 Å². The molecule has 8 heteroatoms. The molecule has 0 saturated carbocycles. The van der Waals surface area contributed by atoms with E-state index < -0.39 is 21.9 Å². The predicted molar refractivity (Wildman–Crippen MR) is 59.8 cm³/mol. The molecular weight excluding hydrogens is 246 g/mol. The summed E-state index contributed by atoms with van der Waals surface area (Å²) < 4.78 is 26.4. The van der Waals surface area contributed by atoms with Crippen LogP contribution in [0.5, 0.6) is 0 Å². The molecule has 0 radical (unpaired) electrons. The minimum Gasteiger partial charge on any atom is -0.481 e. The summed E-state index contributed by atoms with van der Waals surface area (Å²) in [5.74, 6) is -1.79. The first-order valence-corrected chi connectivity index (χ1v) is 6.37. The Kier molecular flexibility index (Phi) is 3.89. The first kappa shape index (κ1) is 13.7. The van der Waals surface area contributed by atoms with Gasteiger partial charge in [0, 0.05) is 26.8 Å². The highest BCUT2D eigenvalue weighted by Gasteiger charge is 2.25. The van der Waals surface area contributed by atoms with Gasteiger partial charge >= 0.3 is 5.97 Å². The van der Waals surface area contributed by atoms with Crippen molar-refractivity contribution in [3.05, 3.63) is 12.4 Å². The average Bonchev–Trinajstić information content (AvgIpc) is 2.64. The van der Waals surface area contributed by atoms with Crippen LogP contribution >= 0.6 is 0 Å². The molecule has 0 fully saturated rings. The third-order valence-corrected chi connectivity index (χ3v) is 4.12. The number of carbonyl (C=O) groups is 1. The Labute approximate surface area is 99.7 Å². The van der Waals surface area contributed by atoms with Crippen LogP contribution in [0.4, 0.5) is 0 Å². The van der Waals surface area contributed by atoms with Crippen LogP contribution in [-0.4, -0.2) is 47.2 Å². The number of hydrogen-bond acceptors (Lipinski definition) is 4. The number of nitrogens with zero attached hydrogens (tertiary/aromatic N) is 3. The van der Waals surface area contributed by atoms with E-state index in [4.69, 9.17) is 5.11 Å². The fourth-order valence-corrected chi connectivity index (χ4v) is 2.52. The van der Waals surface area contributed by atoms with Crippen molar-refractivity contribution in [1.82, 2.24) is 14.1 Å². The third kappa shape index (κ3) is 3.04. The van der Waals surface area contributed by atoms with Gasteiger partial charge in [0.1, 0.15) is 4.90 Å². The van der Waals surface area contributed by atoms with Gasteiger partial charge in [-0.3, -0.25) is 9.48 Å². The Morgan fingerprint density at radius 1 is 1.65 bits per heavy atom. The summed E-state index contributed by atoms with van der Waals surface area (Å²) in [4.78, 5) is 10.7. The molecule has 1 heterocycles. The molecule has 0 bridgehead atoms. The fraction of sp³-hybridized carbons (Fsp3) is 0.556. The van der Waals surface area contributed by atoms with Crippen LogP contribution in [0, 0.1) is 5.92 Å². The molecule has 0 saturated heterocycles. The van der Waals surface area contributed by atoms with Gasteiger partial charge in [0.2, 0.25) is 10.0 Å². The van der Waals surface area contributed by atoms with Crippen molar-refractivity contribution in [3.63, 3.8) is 0 Å². The zero-order chi connectivity index (χ0) is 13.2. The third-order valence-electron chi connectivity index (χ3n) is 2.34. The second-order valence-electron chi connectivity index (χ2n) is 3.87. The standard InChI is InChI=1S/C9H15N3O4S/c1-7(9(13)14)5-12(3)17(15,16)8-4-10-11(2)6-8/h4,6-7H,5H2,1-3H3,(H,13,14). The Morgan fingerprint density at radius 3 is 2.65 bits per heavy atom. The van der Waals surface area contributed by atoms with Gasteiger partial charge in [-0.05, 0) is 0 Å². The van der Waals surface area contributed by atoms with Crippen LogP contribution in [0.1, 0.15) is 6.92 Å². The molecule has 0 spiro atoms. The monoisotopic (exact) mass is 261 g/mol. The fourth-order valence-electron chi connectivity index (χ4n) is 1.27. The van der Waals surface area contributed by atoms with Gasteiger partial charge in [-0.1, -0.05) is 6.92 Å². The lowest BCUT2D eigenvalue weighted by molar-refractivity contribution is -0.141. The van der Waals surface area contributed by atoms with Crippen molar-refractivity contribution >= 4 is 16.0 Å². The summed E-state index contributed by atoms with van der Waals surface area (Å²) in [5.41, 5.74) is 0. The summed E-state index contributed by atoms with van der Waals surface area (Å²) in [6.45, 7) is 1.38. The van der Waals surface area contributed by atoms with Gasteiger partial charge in [-0.15, -0.1) is 0 Å². The maximum absolute atomic E-state index is 12.0. The molecule has 1 aromatic rings. The zero-order valence-corrected chi connectivity index (χ0v) is 10.7. The molecule has 7 nitrogen and oxygen atoms in total. The number of aromatic nitrogens is 2. The number of aliphatic carboxylic acids is 1. The summed E-state index contributed by atoms with van der Waals surface area (Å²) in [5, 5.41) is 12.5. The van der Waals surface area contributed by atoms with Gasteiger partial charge < -0.3 is 5.11 Å². The topological polar surface area (TPSA) is 92.5 Å². The van der Waals surface area contributed by atoms with Crippen molar-refractivity contribution < 1.29 is 18.3 Å². The molecule has 1 N–H and O–H groups in total. The Balaban J connectivity index is 2.88. The number of rotatable bonds is 5. The molecule has 1 aromatic heterocycles. The highest BCUT2D eigenvalue weighted by Crippen LogP contribution is 2.14. The quantitative estimate of drug-likeness (QED) is 0.789. The maximum Gasteiger partial charge on any atom is 0.307 e. The van der Waals surface area contributed by atoms with E-state index in [2.05, 4.69) is 5.10 Å². The van der Waals surface area contributed by atoms with Gasteiger partial charge in [-0.2, -0.15) is 9.40 Å². The van der Waals surface area contributed by atoms with E-state index in [9.17, 15) is 13.2 Å². The largest absolute Gasteiger partial charge is 0.481 e. The van der Waals surface area contributed by atoms with Crippen LogP contribution in [0.2, 0.25) is 0 Å². The van der Waals surface area contributed by atoms with Crippen LogP contribution in [0.15, 0.2) is 17.3 Å². The molecule has 0 aliphatic heterocycles. The van der Waals surface area contributed by atoms with Crippen LogP contribution in [-0.2, 0) is 21.9 Å². The summed E-state index contributed by atoms with van der Waals surface area (Å²) in [6.07, 6.45) is 2.61. The Morgan fingerprint density at radius 2 is 2.24 bits per heavy atom. The highest BCUT2D eigenvalue weighted by atomic mass is 32.2. The second-order valence-corrected chi connectivity index (χ2v) is 5.92. The van der Waals surface area contributed by atoms with E-state index >= 15 is 0 Å². The molecular formula is C9H15N3O4S. The number of aryl methyl sites for hydroxylation is 1. The zero-order valence-electron chi connectivity index (χ0n) is 9.86. The average molecular weight is 261 g/mol. The van der Waals surface area contributed by atoms with E-state index in [1.165, 1.54) is 31.0 Å². The van der Waals surface area contributed by atoms with E-state index in [1.807, 2.05) is 0 Å². The van der Waals surface area contributed by atoms with E-state index in [-0.39, 0.29) is 11.4 Å². The van der Waals surface area contributed by atoms with Gasteiger partial charge in [0.15, 0.2) is 0 Å². The maximum atomic E-state index is 12.0. The predicted octanol–water partition coefficient (Wildman–Crippen LogP) is -0.239. The molecule has 96 valence electrons. The number of sulfonamides is 1. The Hall–Kier alpha value is -1.41. The molecule has 1 atom stereocenters. The molecule has 0 aliphatic rings. The minimum atomic E-state index is -3.66. The van der Waals surface area contributed by atoms with Crippen molar-refractivity contribution in [3.8, 4) is 0 Å². The number of carboxylic acid groups (broad SMARTS) is 1. The van der Waals surface area contributed by atoms with Crippen molar-refractivity contribution in [2.45, 2.75) is 11.8 Å². The van der Waals surface area contributed by atoms with Gasteiger partial charge in [0.25, 0.3) is 0 Å². The molecule has 1 unspecified atom stereocenters. The number of hydrogen-bond donors (Lipinski definition) is 1. The lowest BCUT2D eigenvalue weighted by Gasteiger charge is -2.18. The van der Waals surface area contributed by atoms with Gasteiger partial charge in [-0.25, -0.2) is 8.42 Å². The van der Waals surface area contributed by atoms with E-state index in [0.717, 1.165) is 4.31 Å². The summed E-state index contributed by atoms with van der Waals surface area (Å²) >= 11 is 0. The first-order chi connectivity index (χ1) is 7.75. The van der Waals surface area contributed by atoms with Crippen molar-refractivity contribution in [1.29, 1.82) is 0 Å². The first-order valence-electron chi connectivity index (χ1n) is 4.93. The molecule has 0 aromatic carbocycles. The molecule has 0 amide bonds. The second kappa shape index (κ2) is 4.84. The van der Waals surface area contributed by atoms with Crippen molar-refractivity contribution in [2.75, 3.05) is 13.6 Å². The lowest BCUT2D eigenvalue weighted by atomic mass is 10.2. The van der Waals surface area contributed by atoms with Crippen LogP contribution in [0.25, 0.3) is 0 Å². The SMILES string of the molecule is CC(CN(C)S(=O)(=O)c1cnn(C)c1)C(=O)O. The van der Waals surface area contributed by atoms with Gasteiger partial charge in [0.05, 0.1) is 12.1 Å². The smallest absolute Gasteiger partial charge is 0.307 e. The highest BCUT2D eigenvalue weighted by molar-refractivity contribution is 7.89. The Bertz CT molecular complexity index is 508. The number of carboxylic acids is 1. The van der Waals surface area contributed by atoms with Crippen LogP contribution in [0.3, 0.4) is 0 Å². The van der Waals surface area contributed by atoms with E-state index in [1.54, 1.807) is 7.05 Å². The summed E-state index contributed by atoms with van der Waals surface area (Å²) in [6, 6.07) is 0. The lowest BCUT2D eigenvalue weighted by Crippen LogP contribution is -2.33.